The first-order valence-corrected chi connectivity index (χ1v) is 10.7. The molecule has 7 nitrogen and oxygen atoms in total. The molecular formula is C24H25N3O4. The molecule has 0 radical (unpaired) electrons. The van der Waals surface area contributed by atoms with E-state index in [-0.39, 0.29) is 30.3 Å². The SMILES string of the molecule is COc1ccc2c(c1)CN(C(=O)CNC(=O)C1c3ccccc3C(=O)N1C1CC1)CC2. The average Bonchev–Trinajstić information content (AvgIpc) is 3.60. The molecule has 0 spiro atoms. The van der Waals surface area contributed by atoms with Crippen LogP contribution in [0.2, 0.25) is 0 Å². The van der Waals surface area contributed by atoms with Crippen LogP contribution in [-0.2, 0) is 22.6 Å². The van der Waals surface area contributed by atoms with Crippen LogP contribution in [0.3, 0.4) is 0 Å². The zero-order valence-electron chi connectivity index (χ0n) is 17.5. The molecule has 2 heterocycles. The van der Waals surface area contributed by atoms with Crippen LogP contribution in [0.1, 0.15) is 45.9 Å². The minimum Gasteiger partial charge on any atom is -0.497 e. The predicted molar refractivity (Wildman–Crippen MR) is 113 cm³/mol. The molecule has 1 N–H and O–H groups in total. The zero-order chi connectivity index (χ0) is 21.5. The second-order valence-corrected chi connectivity index (χ2v) is 8.35. The number of nitrogens with zero attached hydrogens (tertiary/aromatic N) is 2. The third-order valence-electron chi connectivity index (χ3n) is 6.38. The van der Waals surface area contributed by atoms with Gasteiger partial charge in [-0.25, -0.2) is 0 Å². The van der Waals surface area contributed by atoms with Crippen molar-refractivity contribution in [2.75, 3.05) is 20.2 Å². The molecule has 0 aromatic heterocycles. The Balaban J connectivity index is 1.26. The van der Waals surface area contributed by atoms with Crippen LogP contribution in [-0.4, -0.2) is 53.8 Å². The summed E-state index contributed by atoms with van der Waals surface area (Å²) in [4.78, 5) is 42.1. The van der Waals surface area contributed by atoms with Crippen molar-refractivity contribution >= 4 is 17.7 Å². The van der Waals surface area contributed by atoms with Crippen LogP contribution >= 0.6 is 0 Å². The molecule has 2 aromatic carbocycles. The van der Waals surface area contributed by atoms with Gasteiger partial charge in [0.15, 0.2) is 0 Å². The topological polar surface area (TPSA) is 79.0 Å². The Morgan fingerprint density at radius 2 is 1.94 bits per heavy atom. The van der Waals surface area contributed by atoms with Gasteiger partial charge in [0.25, 0.3) is 5.91 Å². The predicted octanol–water partition coefficient (Wildman–Crippen LogP) is 2.06. The summed E-state index contributed by atoms with van der Waals surface area (Å²) >= 11 is 0. The van der Waals surface area contributed by atoms with Gasteiger partial charge in [-0.2, -0.15) is 0 Å². The fraction of sp³-hybridized carbons (Fsp3) is 0.375. The normalized spacial score (nSPS) is 19.6. The van der Waals surface area contributed by atoms with E-state index in [1.165, 1.54) is 5.56 Å². The highest BCUT2D eigenvalue weighted by molar-refractivity contribution is 6.05. The van der Waals surface area contributed by atoms with Gasteiger partial charge in [0.2, 0.25) is 11.8 Å². The van der Waals surface area contributed by atoms with Gasteiger partial charge in [0.05, 0.1) is 13.7 Å². The van der Waals surface area contributed by atoms with E-state index in [4.69, 9.17) is 4.74 Å². The molecule has 3 amide bonds. The summed E-state index contributed by atoms with van der Waals surface area (Å²) in [6, 6.07) is 12.6. The Labute approximate surface area is 181 Å². The van der Waals surface area contributed by atoms with Gasteiger partial charge in [0.1, 0.15) is 11.8 Å². The third-order valence-corrected chi connectivity index (χ3v) is 6.38. The van der Waals surface area contributed by atoms with E-state index >= 15 is 0 Å². The number of rotatable bonds is 5. The molecule has 2 aromatic rings. The van der Waals surface area contributed by atoms with E-state index in [2.05, 4.69) is 5.32 Å². The molecule has 2 aliphatic heterocycles. The largest absolute Gasteiger partial charge is 0.497 e. The molecular weight excluding hydrogens is 394 g/mol. The van der Waals surface area contributed by atoms with Crippen LogP contribution in [0.25, 0.3) is 0 Å². The first-order chi connectivity index (χ1) is 15.1. The van der Waals surface area contributed by atoms with Crippen molar-refractivity contribution in [2.24, 2.45) is 0 Å². The molecule has 0 saturated heterocycles. The van der Waals surface area contributed by atoms with Gasteiger partial charge < -0.3 is 19.9 Å². The Kier molecular flexibility index (Phi) is 4.88. The molecule has 1 aliphatic carbocycles. The highest BCUT2D eigenvalue weighted by Crippen LogP contribution is 2.41. The Hall–Kier alpha value is -3.35. The first kappa shape index (κ1) is 19.6. The van der Waals surface area contributed by atoms with Crippen molar-refractivity contribution in [3.05, 3.63) is 64.7 Å². The highest BCUT2D eigenvalue weighted by Gasteiger charge is 2.47. The number of ether oxygens (including phenoxy) is 1. The van der Waals surface area contributed by atoms with Crippen LogP contribution in [0, 0.1) is 0 Å². The molecule has 1 atom stereocenters. The van der Waals surface area contributed by atoms with Gasteiger partial charge >= 0.3 is 0 Å². The summed E-state index contributed by atoms with van der Waals surface area (Å²) in [7, 11) is 1.62. The van der Waals surface area contributed by atoms with Gasteiger partial charge in [0, 0.05) is 24.7 Å². The van der Waals surface area contributed by atoms with Crippen molar-refractivity contribution in [3.63, 3.8) is 0 Å². The van der Waals surface area contributed by atoms with E-state index in [1.54, 1.807) is 23.0 Å². The molecule has 5 rings (SSSR count). The van der Waals surface area contributed by atoms with Crippen LogP contribution in [0.15, 0.2) is 42.5 Å². The molecule has 1 saturated carbocycles. The second-order valence-electron chi connectivity index (χ2n) is 8.35. The maximum atomic E-state index is 13.1. The average molecular weight is 419 g/mol. The number of benzene rings is 2. The lowest BCUT2D eigenvalue weighted by Gasteiger charge is -2.30. The summed E-state index contributed by atoms with van der Waals surface area (Å²) in [6.07, 6.45) is 2.61. The maximum Gasteiger partial charge on any atom is 0.255 e. The molecule has 7 heteroatoms. The fourth-order valence-corrected chi connectivity index (χ4v) is 4.58. The van der Waals surface area contributed by atoms with Gasteiger partial charge in [-0.3, -0.25) is 14.4 Å². The van der Waals surface area contributed by atoms with E-state index in [0.717, 1.165) is 36.1 Å². The summed E-state index contributed by atoms with van der Waals surface area (Å²) in [5.74, 6) is 0.257. The summed E-state index contributed by atoms with van der Waals surface area (Å²) in [5.41, 5.74) is 3.60. The van der Waals surface area contributed by atoms with Crippen LogP contribution in [0.5, 0.6) is 5.75 Å². The lowest BCUT2D eigenvalue weighted by atomic mass is 9.99. The molecule has 160 valence electrons. The fourth-order valence-electron chi connectivity index (χ4n) is 4.58. The van der Waals surface area contributed by atoms with Crippen molar-refractivity contribution in [1.82, 2.24) is 15.1 Å². The van der Waals surface area contributed by atoms with Crippen molar-refractivity contribution < 1.29 is 19.1 Å². The smallest absolute Gasteiger partial charge is 0.255 e. The molecule has 1 fully saturated rings. The number of hydrogen-bond acceptors (Lipinski definition) is 4. The lowest BCUT2D eigenvalue weighted by Crippen LogP contribution is -2.46. The van der Waals surface area contributed by atoms with Crippen LogP contribution < -0.4 is 10.1 Å². The second kappa shape index (κ2) is 7.72. The van der Waals surface area contributed by atoms with E-state index in [1.807, 2.05) is 36.4 Å². The molecule has 3 aliphatic rings. The number of carbonyl (C=O) groups excluding carboxylic acids is 3. The number of carbonyl (C=O) groups is 3. The van der Waals surface area contributed by atoms with Gasteiger partial charge in [-0.1, -0.05) is 24.3 Å². The Morgan fingerprint density at radius 3 is 2.71 bits per heavy atom. The minimum absolute atomic E-state index is 0.0799. The Bertz CT molecular complexity index is 1060. The monoisotopic (exact) mass is 419 g/mol. The zero-order valence-corrected chi connectivity index (χ0v) is 17.5. The van der Waals surface area contributed by atoms with E-state index in [9.17, 15) is 14.4 Å². The highest BCUT2D eigenvalue weighted by atomic mass is 16.5. The quantitative estimate of drug-likeness (QED) is 0.805. The molecule has 0 bridgehead atoms. The lowest BCUT2D eigenvalue weighted by molar-refractivity contribution is -0.134. The standard InChI is InChI=1S/C24H25N3O4/c1-31-18-9-6-15-10-11-26(14-16(15)12-18)21(28)13-25-23(29)22-19-4-2-3-5-20(19)24(30)27(22)17-7-8-17/h2-6,9,12,17,22H,7-8,10-11,13-14H2,1H3,(H,25,29). The van der Waals surface area contributed by atoms with Crippen molar-refractivity contribution in [1.29, 1.82) is 0 Å². The summed E-state index contributed by atoms with van der Waals surface area (Å²) < 4.78 is 5.29. The Morgan fingerprint density at radius 1 is 1.13 bits per heavy atom. The van der Waals surface area contributed by atoms with Crippen molar-refractivity contribution in [2.45, 2.75) is 37.9 Å². The van der Waals surface area contributed by atoms with E-state index in [0.29, 0.717) is 18.7 Å². The van der Waals surface area contributed by atoms with Crippen LogP contribution in [0.4, 0.5) is 0 Å². The number of amides is 3. The van der Waals surface area contributed by atoms with Gasteiger partial charge in [-0.15, -0.1) is 0 Å². The maximum absolute atomic E-state index is 13.1. The van der Waals surface area contributed by atoms with Crippen molar-refractivity contribution in [3.8, 4) is 5.75 Å². The molecule has 1 unspecified atom stereocenters. The number of fused-ring (bicyclic) bond motifs is 2. The van der Waals surface area contributed by atoms with E-state index < -0.39 is 6.04 Å². The minimum atomic E-state index is -0.657. The summed E-state index contributed by atoms with van der Waals surface area (Å²) in [5, 5.41) is 2.79. The number of methoxy groups -OCH3 is 1. The number of hydrogen-bond donors (Lipinski definition) is 1. The first-order valence-electron chi connectivity index (χ1n) is 10.7. The van der Waals surface area contributed by atoms with Gasteiger partial charge in [-0.05, 0) is 54.2 Å². The molecule has 31 heavy (non-hydrogen) atoms. The number of nitrogens with one attached hydrogen (secondary N) is 1. The summed E-state index contributed by atoms with van der Waals surface area (Å²) in [6.45, 7) is 1.04. The third kappa shape index (κ3) is 3.54.